The molecule has 0 saturated carbocycles. The third-order valence-electron chi connectivity index (χ3n) is 4.49. The molecule has 8 heteroatoms. The van der Waals surface area contributed by atoms with Gasteiger partial charge in [-0.05, 0) is 37.1 Å². The molecule has 1 aromatic carbocycles. The van der Waals surface area contributed by atoms with E-state index in [4.69, 9.17) is 10.6 Å². The van der Waals surface area contributed by atoms with Crippen LogP contribution in [-0.2, 0) is 21.0 Å². The van der Waals surface area contributed by atoms with Crippen molar-refractivity contribution < 1.29 is 18.8 Å². The van der Waals surface area contributed by atoms with Crippen LogP contribution in [0.15, 0.2) is 29.4 Å². The number of rotatable bonds is 6. The molecule has 7 nitrogen and oxygen atoms in total. The fraction of sp³-hybridized carbons (Fsp3) is 0.471. The monoisotopic (exact) mass is 348 g/mol. The molecule has 1 saturated heterocycles. The first-order chi connectivity index (χ1) is 12.0. The number of halogens is 1. The standard InChI is InChI=1S/C17H21FN4O3/c18-12-5-3-11(4-6-12)10-22-7-1-2-15(22)17(24)20-9-13-8-14(16(19)23)21-25-13/h3-6,13,15H,1-2,7-10H2,(H2,19,23)(H,20,24)/t13-,15-/m0/s1. The summed E-state index contributed by atoms with van der Waals surface area (Å²) in [6.45, 7) is 1.71. The van der Waals surface area contributed by atoms with Gasteiger partial charge in [-0.2, -0.15) is 0 Å². The second-order valence-electron chi connectivity index (χ2n) is 6.33. The summed E-state index contributed by atoms with van der Waals surface area (Å²) < 4.78 is 13.0. The number of nitrogens with two attached hydrogens (primary N) is 1. The van der Waals surface area contributed by atoms with E-state index in [1.165, 1.54) is 12.1 Å². The predicted molar refractivity (Wildman–Crippen MR) is 89.0 cm³/mol. The minimum Gasteiger partial charge on any atom is -0.390 e. The highest BCUT2D eigenvalue weighted by Crippen LogP contribution is 2.20. The predicted octanol–water partition coefficient (Wildman–Crippen LogP) is 0.536. The minimum atomic E-state index is -0.602. The van der Waals surface area contributed by atoms with E-state index in [2.05, 4.69) is 15.4 Å². The van der Waals surface area contributed by atoms with Gasteiger partial charge in [-0.1, -0.05) is 17.3 Å². The fourth-order valence-corrected chi connectivity index (χ4v) is 3.15. The van der Waals surface area contributed by atoms with Crippen LogP contribution >= 0.6 is 0 Å². The van der Waals surface area contributed by atoms with Gasteiger partial charge in [-0.3, -0.25) is 14.5 Å². The molecule has 2 heterocycles. The number of hydrogen-bond acceptors (Lipinski definition) is 5. The number of likely N-dealkylation sites (tertiary alicyclic amines) is 1. The molecule has 1 fully saturated rings. The molecule has 3 N–H and O–H groups in total. The van der Waals surface area contributed by atoms with E-state index < -0.39 is 5.91 Å². The molecule has 2 atom stereocenters. The van der Waals surface area contributed by atoms with Crippen molar-refractivity contribution in [3.63, 3.8) is 0 Å². The van der Waals surface area contributed by atoms with Crippen molar-refractivity contribution in [2.45, 2.75) is 38.0 Å². The normalized spacial score (nSPS) is 23.2. The van der Waals surface area contributed by atoms with Crippen molar-refractivity contribution in [1.29, 1.82) is 0 Å². The van der Waals surface area contributed by atoms with Crippen LogP contribution in [0.4, 0.5) is 4.39 Å². The number of nitrogens with one attached hydrogen (secondary N) is 1. The van der Waals surface area contributed by atoms with E-state index in [-0.39, 0.29) is 36.1 Å². The number of oxime groups is 1. The number of carbonyl (C=O) groups excluding carboxylic acids is 2. The van der Waals surface area contributed by atoms with Gasteiger partial charge in [0.25, 0.3) is 5.91 Å². The Kier molecular flexibility index (Phi) is 5.28. The van der Waals surface area contributed by atoms with Crippen molar-refractivity contribution in [1.82, 2.24) is 10.2 Å². The number of nitrogens with zero attached hydrogens (tertiary/aromatic N) is 2. The SMILES string of the molecule is NC(=O)C1=NO[C@H](CNC(=O)[C@@H]2CCCN2Cc2ccc(F)cc2)C1. The maximum atomic E-state index is 13.0. The molecule has 0 spiro atoms. The van der Waals surface area contributed by atoms with Gasteiger partial charge in [-0.15, -0.1) is 0 Å². The maximum Gasteiger partial charge on any atom is 0.266 e. The Balaban J connectivity index is 1.49. The number of primary amides is 1. The first-order valence-corrected chi connectivity index (χ1v) is 8.31. The number of carbonyl (C=O) groups is 2. The molecule has 25 heavy (non-hydrogen) atoms. The Morgan fingerprint density at radius 1 is 1.36 bits per heavy atom. The highest BCUT2D eigenvalue weighted by Gasteiger charge is 2.32. The molecule has 3 rings (SSSR count). The van der Waals surface area contributed by atoms with E-state index in [0.29, 0.717) is 13.0 Å². The van der Waals surface area contributed by atoms with E-state index in [0.717, 1.165) is 24.9 Å². The molecule has 134 valence electrons. The molecule has 2 amide bonds. The second kappa shape index (κ2) is 7.60. The van der Waals surface area contributed by atoms with E-state index in [1.54, 1.807) is 12.1 Å². The summed E-state index contributed by atoms with van der Waals surface area (Å²) in [4.78, 5) is 30.7. The van der Waals surface area contributed by atoms with Crippen LogP contribution in [0.1, 0.15) is 24.8 Å². The molecule has 1 aromatic rings. The smallest absolute Gasteiger partial charge is 0.266 e. The number of amides is 2. The highest BCUT2D eigenvalue weighted by molar-refractivity contribution is 6.38. The van der Waals surface area contributed by atoms with Crippen molar-refractivity contribution in [3.05, 3.63) is 35.6 Å². The summed E-state index contributed by atoms with van der Waals surface area (Å²) in [6, 6.07) is 6.10. The highest BCUT2D eigenvalue weighted by atomic mass is 19.1. The summed E-state index contributed by atoms with van der Waals surface area (Å²) in [7, 11) is 0. The zero-order chi connectivity index (χ0) is 17.8. The molecule has 0 radical (unpaired) electrons. The van der Waals surface area contributed by atoms with Gasteiger partial charge in [0.2, 0.25) is 5.91 Å². The largest absolute Gasteiger partial charge is 0.390 e. The average Bonchev–Trinajstić information content (AvgIpc) is 3.24. The molecule has 0 unspecified atom stereocenters. The lowest BCUT2D eigenvalue weighted by Crippen LogP contribution is -2.45. The second-order valence-corrected chi connectivity index (χ2v) is 6.33. The zero-order valence-electron chi connectivity index (χ0n) is 13.8. The fourth-order valence-electron chi connectivity index (χ4n) is 3.15. The van der Waals surface area contributed by atoms with Gasteiger partial charge in [0.1, 0.15) is 11.5 Å². The van der Waals surface area contributed by atoms with Crippen LogP contribution in [0, 0.1) is 5.82 Å². The third-order valence-corrected chi connectivity index (χ3v) is 4.49. The van der Waals surface area contributed by atoms with E-state index in [1.807, 2.05) is 0 Å². The van der Waals surface area contributed by atoms with Gasteiger partial charge in [-0.25, -0.2) is 4.39 Å². The van der Waals surface area contributed by atoms with Gasteiger partial charge in [0.15, 0.2) is 6.10 Å². The Bertz CT molecular complexity index is 677. The maximum absolute atomic E-state index is 13.0. The van der Waals surface area contributed by atoms with Crippen molar-refractivity contribution in [2.24, 2.45) is 10.9 Å². The molecule has 0 bridgehead atoms. The average molecular weight is 348 g/mol. The number of benzene rings is 1. The Hall–Kier alpha value is -2.48. The van der Waals surface area contributed by atoms with E-state index in [9.17, 15) is 14.0 Å². The van der Waals surface area contributed by atoms with Gasteiger partial charge < -0.3 is 15.9 Å². The van der Waals surface area contributed by atoms with Gasteiger partial charge >= 0.3 is 0 Å². The van der Waals surface area contributed by atoms with Crippen LogP contribution < -0.4 is 11.1 Å². The summed E-state index contributed by atoms with van der Waals surface area (Å²) in [6.07, 6.45) is 1.66. The van der Waals surface area contributed by atoms with Crippen molar-refractivity contribution in [3.8, 4) is 0 Å². The van der Waals surface area contributed by atoms with Crippen LogP contribution in [0.3, 0.4) is 0 Å². The summed E-state index contributed by atoms with van der Waals surface area (Å²) in [5, 5.41) is 6.48. The Morgan fingerprint density at radius 3 is 2.80 bits per heavy atom. The van der Waals surface area contributed by atoms with E-state index >= 15 is 0 Å². The lowest BCUT2D eigenvalue weighted by molar-refractivity contribution is -0.126. The van der Waals surface area contributed by atoms with Gasteiger partial charge in [0, 0.05) is 13.0 Å². The Morgan fingerprint density at radius 2 is 2.12 bits per heavy atom. The lowest BCUT2D eigenvalue weighted by Gasteiger charge is -2.24. The summed E-state index contributed by atoms with van der Waals surface area (Å²) >= 11 is 0. The zero-order valence-corrected chi connectivity index (χ0v) is 13.8. The van der Waals surface area contributed by atoms with Gasteiger partial charge in [0.05, 0.1) is 12.6 Å². The minimum absolute atomic E-state index is 0.0734. The molecule has 2 aliphatic rings. The summed E-state index contributed by atoms with van der Waals surface area (Å²) in [5.41, 5.74) is 6.31. The Labute approximate surface area is 145 Å². The van der Waals surface area contributed by atoms with Crippen LogP contribution in [0.2, 0.25) is 0 Å². The molecule has 0 aromatic heterocycles. The van der Waals surface area contributed by atoms with Crippen LogP contribution in [0.5, 0.6) is 0 Å². The van der Waals surface area contributed by atoms with Crippen molar-refractivity contribution in [2.75, 3.05) is 13.1 Å². The molecule has 0 aliphatic carbocycles. The van der Waals surface area contributed by atoms with Crippen molar-refractivity contribution >= 4 is 17.5 Å². The topological polar surface area (TPSA) is 97.0 Å². The molecule has 2 aliphatic heterocycles. The third kappa shape index (κ3) is 4.33. The van der Waals surface area contributed by atoms with Crippen LogP contribution in [0.25, 0.3) is 0 Å². The van der Waals surface area contributed by atoms with Crippen LogP contribution in [-0.4, -0.2) is 47.7 Å². The first-order valence-electron chi connectivity index (χ1n) is 8.31. The number of hydrogen-bond donors (Lipinski definition) is 2. The lowest BCUT2D eigenvalue weighted by atomic mass is 10.1. The first kappa shape index (κ1) is 17.3. The molecular weight excluding hydrogens is 327 g/mol. The molecular formula is C17H21FN4O3. The summed E-state index contributed by atoms with van der Waals surface area (Å²) in [5.74, 6) is -0.945. The quantitative estimate of drug-likeness (QED) is 0.784.